The number of aryl methyl sites for hydroxylation is 1. The topological polar surface area (TPSA) is 0 Å². The molecule has 0 heteroatoms. The zero-order valence-electron chi connectivity index (χ0n) is 9.16. The van der Waals surface area contributed by atoms with Crippen LogP contribution in [0.3, 0.4) is 0 Å². The van der Waals surface area contributed by atoms with Gasteiger partial charge in [0.1, 0.15) is 0 Å². The van der Waals surface area contributed by atoms with Crippen LogP contribution in [0.4, 0.5) is 0 Å². The van der Waals surface area contributed by atoms with Crippen LogP contribution < -0.4 is 0 Å². The highest BCUT2D eigenvalue weighted by Crippen LogP contribution is 2.38. The number of hydrogen-bond donors (Lipinski definition) is 0. The zero-order chi connectivity index (χ0) is 10.3. The number of rotatable bonds is 0. The van der Waals surface area contributed by atoms with Crippen molar-refractivity contribution in [2.24, 2.45) is 5.92 Å². The quantitative estimate of drug-likeness (QED) is 0.588. The lowest BCUT2D eigenvalue weighted by atomic mass is 9.78. The van der Waals surface area contributed by atoms with Gasteiger partial charge in [0.05, 0.1) is 0 Å². The Bertz CT molecular complexity index is 449. The van der Waals surface area contributed by atoms with Crippen molar-refractivity contribution in [1.29, 1.82) is 0 Å². The lowest BCUT2D eigenvalue weighted by molar-refractivity contribution is 0.724. The monoisotopic (exact) mass is 196 g/mol. The van der Waals surface area contributed by atoms with E-state index < -0.39 is 0 Å². The smallest absolute Gasteiger partial charge is 0.0152 e. The molecule has 2 aliphatic rings. The molecule has 2 aliphatic carbocycles. The molecule has 15 heavy (non-hydrogen) atoms. The maximum absolute atomic E-state index is 2.45. The normalized spacial score (nSPS) is 23.7. The van der Waals surface area contributed by atoms with Crippen molar-refractivity contribution in [3.05, 3.63) is 53.1 Å². The summed E-state index contributed by atoms with van der Waals surface area (Å²) in [6.07, 6.45) is 8.56. The van der Waals surface area contributed by atoms with Gasteiger partial charge in [-0.25, -0.2) is 0 Å². The van der Waals surface area contributed by atoms with Crippen LogP contribution in [0.2, 0.25) is 0 Å². The average molecular weight is 196 g/mol. The van der Waals surface area contributed by atoms with Gasteiger partial charge in [0.2, 0.25) is 0 Å². The van der Waals surface area contributed by atoms with Crippen molar-refractivity contribution >= 4 is 5.57 Å². The van der Waals surface area contributed by atoms with E-state index in [4.69, 9.17) is 0 Å². The fraction of sp³-hybridized carbons (Fsp3) is 0.333. The van der Waals surface area contributed by atoms with Crippen LogP contribution in [0.1, 0.15) is 30.9 Å². The van der Waals surface area contributed by atoms with Crippen molar-refractivity contribution in [3.8, 4) is 0 Å². The Morgan fingerprint density at radius 1 is 1.13 bits per heavy atom. The van der Waals surface area contributed by atoms with Crippen LogP contribution in [0.5, 0.6) is 0 Å². The van der Waals surface area contributed by atoms with Gasteiger partial charge in [0, 0.05) is 0 Å². The van der Waals surface area contributed by atoms with Gasteiger partial charge in [-0.1, -0.05) is 43.3 Å². The Labute approximate surface area is 91.3 Å². The SMILES string of the molecule is CC1C=C2C(=CC1)CCc1ccccc12. The first-order chi connectivity index (χ1) is 7.34. The van der Waals surface area contributed by atoms with E-state index in [0.29, 0.717) is 5.92 Å². The molecule has 0 saturated carbocycles. The molecule has 1 aromatic rings. The molecule has 0 spiro atoms. The summed E-state index contributed by atoms with van der Waals surface area (Å²) in [6, 6.07) is 8.85. The third kappa shape index (κ3) is 1.45. The Morgan fingerprint density at radius 2 is 2.00 bits per heavy atom. The van der Waals surface area contributed by atoms with E-state index in [0.717, 1.165) is 0 Å². The predicted molar refractivity (Wildman–Crippen MR) is 64.6 cm³/mol. The third-order valence-corrected chi connectivity index (χ3v) is 3.50. The fourth-order valence-electron chi connectivity index (χ4n) is 2.67. The fourth-order valence-corrected chi connectivity index (χ4v) is 2.67. The molecule has 0 aromatic heterocycles. The first kappa shape index (κ1) is 8.96. The predicted octanol–water partition coefficient (Wildman–Crippen LogP) is 3.98. The molecular weight excluding hydrogens is 180 g/mol. The molecular formula is C15H16. The Balaban J connectivity index is 2.15. The summed E-state index contributed by atoms with van der Waals surface area (Å²) >= 11 is 0. The molecule has 1 atom stereocenters. The molecule has 0 bridgehead atoms. The van der Waals surface area contributed by atoms with Gasteiger partial charge in [-0.2, -0.15) is 0 Å². The van der Waals surface area contributed by atoms with E-state index in [2.05, 4.69) is 43.3 Å². The number of hydrogen-bond acceptors (Lipinski definition) is 0. The van der Waals surface area contributed by atoms with Gasteiger partial charge < -0.3 is 0 Å². The van der Waals surface area contributed by atoms with Crippen LogP contribution in [0.25, 0.3) is 5.57 Å². The minimum absolute atomic E-state index is 0.704. The molecule has 0 amide bonds. The summed E-state index contributed by atoms with van der Waals surface area (Å²) < 4.78 is 0. The Kier molecular flexibility index (Phi) is 2.02. The minimum atomic E-state index is 0.704. The van der Waals surface area contributed by atoms with Crippen molar-refractivity contribution in [2.75, 3.05) is 0 Å². The van der Waals surface area contributed by atoms with Crippen LogP contribution in [0, 0.1) is 5.92 Å². The summed E-state index contributed by atoms with van der Waals surface area (Å²) in [4.78, 5) is 0. The lowest BCUT2D eigenvalue weighted by Crippen LogP contribution is -2.09. The molecule has 0 nitrogen and oxygen atoms in total. The molecule has 1 aromatic carbocycles. The summed E-state index contributed by atoms with van der Waals surface area (Å²) in [5, 5.41) is 0. The van der Waals surface area contributed by atoms with E-state index in [1.807, 2.05) is 0 Å². The second-order valence-corrected chi connectivity index (χ2v) is 4.68. The van der Waals surface area contributed by atoms with Gasteiger partial charge in [0.25, 0.3) is 0 Å². The van der Waals surface area contributed by atoms with Crippen LogP contribution in [-0.2, 0) is 6.42 Å². The second kappa shape index (κ2) is 3.37. The van der Waals surface area contributed by atoms with Crippen LogP contribution in [0.15, 0.2) is 42.0 Å². The van der Waals surface area contributed by atoms with Crippen molar-refractivity contribution < 1.29 is 0 Å². The van der Waals surface area contributed by atoms with Crippen LogP contribution >= 0.6 is 0 Å². The highest BCUT2D eigenvalue weighted by atomic mass is 14.2. The van der Waals surface area contributed by atoms with E-state index in [9.17, 15) is 0 Å². The van der Waals surface area contributed by atoms with E-state index >= 15 is 0 Å². The molecule has 3 rings (SSSR count). The maximum atomic E-state index is 2.45. The molecule has 0 heterocycles. The number of benzene rings is 1. The summed E-state index contributed by atoms with van der Waals surface area (Å²) in [6.45, 7) is 2.30. The summed E-state index contributed by atoms with van der Waals surface area (Å²) in [5.74, 6) is 0.704. The molecule has 0 radical (unpaired) electrons. The van der Waals surface area contributed by atoms with Gasteiger partial charge in [-0.15, -0.1) is 0 Å². The van der Waals surface area contributed by atoms with Crippen molar-refractivity contribution in [3.63, 3.8) is 0 Å². The third-order valence-electron chi connectivity index (χ3n) is 3.50. The highest BCUT2D eigenvalue weighted by Gasteiger charge is 2.20. The molecule has 76 valence electrons. The van der Waals surface area contributed by atoms with Crippen molar-refractivity contribution in [1.82, 2.24) is 0 Å². The zero-order valence-corrected chi connectivity index (χ0v) is 9.16. The average Bonchev–Trinajstić information content (AvgIpc) is 2.29. The van der Waals surface area contributed by atoms with E-state index in [1.165, 1.54) is 36.0 Å². The molecule has 1 unspecified atom stereocenters. The number of allylic oxidation sites excluding steroid dienone is 4. The Hall–Kier alpha value is -1.30. The molecule has 0 aliphatic heterocycles. The number of fused-ring (bicyclic) bond motifs is 3. The minimum Gasteiger partial charge on any atom is -0.0801 e. The van der Waals surface area contributed by atoms with Gasteiger partial charge >= 0.3 is 0 Å². The molecule has 0 fully saturated rings. The second-order valence-electron chi connectivity index (χ2n) is 4.68. The summed E-state index contributed by atoms with van der Waals surface area (Å²) in [7, 11) is 0. The molecule has 0 saturated heterocycles. The van der Waals surface area contributed by atoms with E-state index in [-0.39, 0.29) is 0 Å². The first-order valence-corrected chi connectivity index (χ1v) is 5.84. The largest absolute Gasteiger partial charge is 0.0801 e. The molecule has 0 N–H and O–H groups in total. The lowest BCUT2D eigenvalue weighted by Gasteiger charge is -2.26. The standard InChI is InChI=1S/C15H16/c1-11-6-7-13-9-8-12-4-2-3-5-14(12)15(13)10-11/h2-5,7,10-11H,6,8-9H2,1H3. The van der Waals surface area contributed by atoms with Gasteiger partial charge in [-0.05, 0) is 47.5 Å². The van der Waals surface area contributed by atoms with Crippen LogP contribution in [-0.4, -0.2) is 0 Å². The van der Waals surface area contributed by atoms with Gasteiger partial charge in [-0.3, -0.25) is 0 Å². The maximum Gasteiger partial charge on any atom is -0.0152 e. The Morgan fingerprint density at radius 3 is 2.93 bits per heavy atom. The van der Waals surface area contributed by atoms with Gasteiger partial charge in [0.15, 0.2) is 0 Å². The first-order valence-electron chi connectivity index (χ1n) is 5.84. The van der Waals surface area contributed by atoms with Crippen molar-refractivity contribution in [2.45, 2.75) is 26.2 Å². The summed E-state index contributed by atoms with van der Waals surface area (Å²) in [5.41, 5.74) is 6.08. The van der Waals surface area contributed by atoms with E-state index in [1.54, 1.807) is 5.57 Å². The highest BCUT2D eigenvalue weighted by molar-refractivity contribution is 5.83.